The summed E-state index contributed by atoms with van der Waals surface area (Å²) < 4.78 is 17.2. The molecule has 0 fully saturated rings. The molecular formula is C29H32N2O5. The number of fused-ring (bicyclic) bond motifs is 1. The van der Waals surface area contributed by atoms with E-state index in [1.54, 1.807) is 23.1 Å². The van der Waals surface area contributed by atoms with Gasteiger partial charge in [-0.1, -0.05) is 30.3 Å². The van der Waals surface area contributed by atoms with Crippen LogP contribution >= 0.6 is 0 Å². The van der Waals surface area contributed by atoms with Gasteiger partial charge in [-0.05, 0) is 80.6 Å². The molecule has 2 amide bonds. The van der Waals surface area contributed by atoms with Crippen LogP contribution in [0.4, 0.5) is 11.4 Å². The number of hydrogen-bond acceptors (Lipinski definition) is 5. The molecule has 0 aliphatic carbocycles. The van der Waals surface area contributed by atoms with Crippen LogP contribution in [0.2, 0.25) is 0 Å². The van der Waals surface area contributed by atoms with Crippen molar-refractivity contribution in [3.63, 3.8) is 0 Å². The van der Waals surface area contributed by atoms with E-state index >= 15 is 0 Å². The third kappa shape index (κ3) is 6.16. The van der Waals surface area contributed by atoms with Gasteiger partial charge in [-0.25, -0.2) is 0 Å². The Labute approximate surface area is 212 Å². The fourth-order valence-electron chi connectivity index (χ4n) is 4.02. The maximum Gasteiger partial charge on any atom is 0.265 e. The molecule has 0 radical (unpaired) electrons. The zero-order valence-electron chi connectivity index (χ0n) is 21.0. The number of anilines is 2. The number of aryl methyl sites for hydroxylation is 2. The molecule has 3 aromatic rings. The van der Waals surface area contributed by atoms with E-state index in [4.69, 9.17) is 14.2 Å². The van der Waals surface area contributed by atoms with E-state index in [-0.39, 0.29) is 25.0 Å². The minimum atomic E-state index is -0.279. The molecule has 1 N–H and O–H groups in total. The molecule has 1 aliphatic rings. The van der Waals surface area contributed by atoms with Crippen LogP contribution in [0.15, 0.2) is 60.7 Å². The number of ether oxygens (including phenoxy) is 3. The average Bonchev–Trinajstić information content (AvgIpc) is 2.87. The highest BCUT2D eigenvalue weighted by molar-refractivity contribution is 5.99. The summed E-state index contributed by atoms with van der Waals surface area (Å²) in [5.74, 6) is 1.80. The first-order valence-corrected chi connectivity index (χ1v) is 12.2. The zero-order chi connectivity index (χ0) is 25.5. The molecule has 4 rings (SSSR count). The van der Waals surface area contributed by atoms with Gasteiger partial charge in [0.1, 0.15) is 17.2 Å². The number of carbonyl (C=O) groups is 2. The number of carbonyl (C=O) groups excluding carboxylic acids is 2. The number of nitrogens with zero attached hydrogens (tertiary/aromatic N) is 1. The molecular weight excluding hydrogens is 456 g/mol. The molecule has 0 atom stereocenters. The van der Waals surface area contributed by atoms with Crippen molar-refractivity contribution in [1.82, 2.24) is 0 Å². The molecule has 7 nitrogen and oxygen atoms in total. The SMILES string of the molecule is Cc1ccccc1OCCCCN1C(=O)COc2ccc(NC(=O)COc3cccc(C)c3C)cc21. The predicted octanol–water partition coefficient (Wildman–Crippen LogP) is 5.21. The second-order valence-electron chi connectivity index (χ2n) is 8.87. The lowest BCUT2D eigenvalue weighted by molar-refractivity contribution is -0.121. The van der Waals surface area contributed by atoms with Gasteiger partial charge in [-0.15, -0.1) is 0 Å². The fraction of sp³-hybridized carbons (Fsp3) is 0.310. The number of rotatable bonds is 10. The second-order valence-corrected chi connectivity index (χ2v) is 8.87. The fourth-order valence-corrected chi connectivity index (χ4v) is 4.02. The molecule has 3 aromatic carbocycles. The van der Waals surface area contributed by atoms with E-state index < -0.39 is 0 Å². The molecule has 188 valence electrons. The van der Waals surface area contributed by atoms with Crippen molar-refractivity contribution in [1.29, 1.82) is 0 Å². The summed E-state index contributed by atoms with van der Waals surface area (Å²) in [6.45, 7) is 6.99. The molecule has 0 spiro atoms. The lowest BCUT2D eigenvalue weighted by Gasteiger charge is -2.30. The summed E-state index contributed by atoms with van der Waals surface area (Å²) in [4.78, 5) is 26.8. The quantitative estimate of drug-likeness (QED) is 0.396. The highest BCUT2D eigenvalue weighted by Gasteiger charge is 2.25. The van der Waals surface area contributed by atoms with E-state index in [2.05, 4.69) is 5.32 Å². The van der Waals surface area contributed by atoms with Crippen LogP contribution in [0.1, 0.15) is 29.5 Å². The molecule has 1 aliphatic heterocycles. The lowest BCUT2D eigenvalue weighted by atomic mass is 10.1. The Bertz CT molecular complexity index is 1240. The van der Waals surface area contributed by atoms with Gasteiger partial charge in [0, 0.05) is 12.2 Å². The van der Waals surface area contributed by atoms with Crippen molar-refractivity contribution in [2.24, 2.45) is 0 Å². The molecule has 36 heavy (non-hydrogen) atoms. The smallest absolute Gasteiger partial charge is 0.265 e. The molecule has 0 unspecified atom stereocenters. The number of amides is 2. The second kappa shape index (κ2) is 11.6. The van der Waals surface area contributed by atoms with Crippen LogP contribution in [0.25, 0.3) is 0 Å². The molecule has 0 bridgehead atoms. The van der Waals surface area contributed by atoms with Crippen molar-refractivity contribution in [3.8, 4) is 17.2 Å². The first-order valence-electron chi connectivity index (χ1n) is 12.2. The van der Waals surface area contributed by atoms with E-state index in [1.807, 2.05) is 63.2 Å². The first-order chi connectivity index (χ1) is 17.4. The summed E-state index contributed by atoms with van der Waals surface area (Å²) in [6.07, 6.45) is 1.58. The predicted molar refractivity (Wildman–Crippen MR) is 140 cm³/mol. The van der Waals surface area contributed by atoms with Crippen LogP contribution < -0.4 is 24.4 Å². The normalized spacial score (nSPS) is 12.5. The van der Waals surface area contributed by atoms with Gasteiger partial charge in [-0.3, -0.25) is 9.59 Å². The van der Waals surface area contributed by atoms with Gasteiger partial charge in [0.15, 0.2) is 13.2 Å². The van der Waals surface area contributed by atoms with Gasteiger partial charge in [-0.2, -0.15) is 0 Å². The maximum atomic E-state index is 12.6. The number of benzene rings is 3. The van der Waals surface area contributed by atoms with Crippen LogP contribution in [0.3, 0.4) is 0 Å². The van der Waals surface area contributed by atoms with E-state index in [1.165, 1.54) is 0 Å². The molecule has 7 heteroatoms. The third-order valence-corrected chi connectivity index (χ3v) is 6.23. The van der Waals surface area contributed by atoms with E-state index in [0.29, 0.717) is 36.0 Å². The summed E-state index contributed by atoms with van der Waals surface area (Å²) in [5, 5.41) is 2.85. The highest BCUT2D eigenvalue weighted by Crippen LogP contribution is 2.35. The number of unbranched alkanes of at least 4 members (excludes halogenated alkanes) is 1. The first kappa shape index (κ1) is 25.1. The topological polar surface area (TPSA) is 77.1 Å². The van der Waals surface area contributed by atoms with Crippen LogP contribution in [0, 0.1) is 20.8 Å². The molecule has 0 saturated carbocycles. The van der Waals surface area contributed by atoms with Crippen LogP contribution in [-0.2, 0) is 9.59 Å². The van der Waals surface area contributed by atoms with Gasteiger partial charge in [0.2, 0.25) is 0 Å². The van der Waals surface area contributed by atoms with Gasteiger partial charge >= 0.3 is 0 Å². The summed E-state index contributed by atoms with van der Waals surface area (Å²) in [7, 11) is 0. The third-order valence-electron chi connectivity index (χ3n) is 6.23. The Morgan fingerprint density at radius 1 is 0.944 bits per heavy atom. The molecule has 1 heterocycles. The van der Waals surface area contributed by atoms with E-state index in [9.17, 15) is 9.59 Å². The number of nitrogens with one attached hydrogen (secondary N) is 1. The Hall–Kier alpha value is -4.00. The van der Waals surface area contributed by atoms with Gasteiger partial charge in [0.05, 0.1) is 12.3 Å². The Balaban J connectivity index is 1.32. The summed E-state index contributed by atoms with van der Waals surface area (Å²) in [6, 6.07) is 19.0. The van der Waals surface area contributed by atoms with Crippen molar-refractivity contribution >= 4 is 23.2 Å². The van der Waals surface area contributed by atoms with Crippen LogP contribution in [0.5, 0.6) is 17.2 Å². The lowest BCUT2D eigenvalue weighted by Crippen LogP contribution is -2.39. The number of hydrogen-bond donors (Lipinski definition) is 1. The van der Waals surface area contributed by atoms with Crippen LogP contribution in [-0.4, -0.2) is 38.2 Å². The Kier molecular flexibility index (Phi) is 8.10. The van der Waals surface area contributed by atoms with Crippen molar-refractivity contribution in [2.45, 2.75) is 33.6 Å². The maximum absolute atomic E-state index is 12.6. The van der Waals surface area contributed by atoms with Crippen molar-refractivity contribution in [2.75, 3.05) is 36.6 Å². The highest BCUT2D eigenvalue weighted by atomic mass is 16.5. The van der Waals surface area contributed by atoms with Gasteiger partial charge < -0.3 is 24.4 Å². The minimum absolute atomic E-state index is 0.00208. The average molecular weight is 489 g/mol. The Morgan fingerprint density at radius 2 is 1.72 bits per heavy atom. The van der Waals surface area contributed by atoms with Gasteiger partial charge in [0.25, 0.3) is 11.8 Å². The number of para-hydroxylation sites is 1. The van der Waals surface area contributed by atoms with E-state index in [0.717, 1.165) is 35.3 Å². The standard InChI is InChI=1S/C29H32N2O5/c1-20-10-8-12-26(22(20)3)35-18-28(32)30-23-13-14-27-24(17-23)31(29(33)19-36-27)15-6-7-16-34-25-11-5-4-9-21(25)2/h4-5,8-14,17H,6-7,15-16,18-19H2,1-3H3,(H,30,32). The molecule has 0 saturated heterocycles. The monoisotopic (exact) mass is 488 g/mol. The van der Waals surface area contributed by atoms with Crippen molar-refractivity contribution < 1.29 is 23.8 Å². The summed E-state index contributed by atoms with van der Waals surface area (Å²) in [5.41, 5.74) is 4.45. The molecule has 0 aromatic heterocycles. The largest absolute Gasteiger partial charge is 0.493 e. The van der Waals surface area contributed by atoms with Crippen molar-refractivity contribution in [3.05, 3.63) is 77.4 Å². The Morgan fingerprint density at radius 3 is 2.56 bits per heavy atom. The summed E-state index contributed by atoms with van der Waals surface area (Å²) >= 11 is 0. The minimum Gasteiger partial charge on any atom is -0.493 e. The zero-order valence-corrected chi connectivity index (χ0v) is 21.0.